The van der Waals surface area contributed by atoms with E-state index in [9.17, 15) is 4.79 Å². The molecule has 1 N–H and O–H groups in total. The molecule has 0 aliphatic heterocycles. The average molecular weight is 384 g/mol. The number of ether oxygens (including phenoxy) is 1. The fourth-order valence-electron chi connectivity index (χ4n) is 2.78. The van der Waals surface area contributed by atoms with E-state index in [1.54, 1.807) is 18.3 Å². The number of carbonyl (C=O) groups excluding carboxylic acids is 1. The molecule has 6 heteroatoms. The van der Waals surface area contributed by atoms with Crippen molar-refractivity contribution >= 4 is 17.5 Å². The number of aromatic nitrogens is 2. The number of nitrogens with one attached hydrogen (secondary N) is 1. The molecule has 2 aromatic carbocycles. The zero-order valence-electron chi connectivity index (χ0n) is 15.4. The Morgan fingerprint density at radius 3 is 2.78 bits per heavy atom. The first kappa shape index (κ1) is 19.0. The summed E-state index contributed by atoms with van der Waals surface area (Å²) in [6.07, 6.45) is 1.80. The second-order valence-electron chi connectivity index (χ2n) is 6.17. The summed E-state index contributed by atoms with van der Waals surface area (Å²) in [6.45, 7) is 5.65. The molecular weight excluding hydrogens is 362 g/mol. The summed E-state index contributed by atoms with van der Waals surface area (Å²) in [4.78, 5) is 12.5. The molecule has 3 aromatic rings. The summed E-state index contributed by atoms with van der Waals surface area (Å²) in [5.74, 6) is 0.496. The number of rotatable bonds is 7. The predicted octanol–water partition coefficient (Wildman–Crippen LogP) is 4.37. The van der Waals surface area contributed by atoms with Gasteiger partial charge >= 0.3 is 0 Å². The summed E-state index contributed by atoms with van der Waals surface area (Å²) in [5.41, 5.74) is 3.58. The molecule has 1 heterocycles. The van der Waals surface area contributed by atoms with Crippen molar-refractivity contribution in [3.63, 3.8) is 0 Å². The zero-order chi connectivity index (χ0) is 19.2. The van der Waals surface area contributed by atoms with Crippen LogP contribution in [0.1, 0.15) is 34.1 Å². The van der Waals surface area contributed by atoms with Crippen LogP contribution in [0.3, 0.4) is 0 Å². The molecule has 0 saturated heterocycles. The Morgan fingerprint density at radius 2 is 2.04 bits per heavy atom. The number of hydrogen-bond acceptors (Lipinski definition) is 3. The van der Waals surface area contributed by atoms with Gasteiger partial charge in [-0.15, -0.1) is 0 Å². The van der Waals surface area contributed by atoms with Crippen molar-refractivity contribution in [1.82, 2.24) is 15.1 Å². The summed E-state index contributed by atoms with van der Waals surface area (Å²) in [6, 6.07) is 14.7. The van der Waals surface area contributed by atoms with Crippen LogP contribution in [-0.2, 0) is 19.7 Å². The molecule has 0 saturated carbocycles. The minimum Gasteiger partial charge on any atom is -0.487 e. The zero-order valence-corrected chi connectivity index (χ0v) is 16.2. The second kappa shape index (κ2) is 8.73. The van der Waals surface area contributed by atoms with E-state index in [1.807, 2.05) is 54.9 Å². The Bertz CT molecular complexity index is 937. The maximum absolute atomic E-state index is 12.5. The number of para-hydroxylation sites is 1. The molecule has 0 atom stereocenters. The molecule has 0 unspecified atom stereocenters. The molecule has 0 bridgehead atoms. The fourth-order valence-corrected chi connectivity index (χ4v) is 2.97. The predicted molar refractivity (Wildman–Crippen MR) is 106 cm³/mol. The van der Waals surface area contributed by atoms with Gasteiger partial charge < -0.3 is 10.1 Å². The van der Waals surface area contributed by atoms with E-state index in [0.29, 0.717) is 29.5 Å². The third-order valence-corrected chi connectivity index (χ3v) is 4.68. The van der Waals surface area contributed by atoms with E-state index < -0.39 is 0 Å². The van der Waals surface area contributed by atoms with E-state index in [-0.39, 0.29) is 5.91 Å². The van der Waals surface area contributed by atoms with Crippen LogP contribution in [0.15, 0.2) is 54.7 Å². The summed E-state index contributed by atoms with van der Waals surface area (Å²) >= 11 is 6.10. The van der Waals surface area contributed by atoms with E-state index >= 15 is 0 Å². The normalized spacial score (nSPS) is 10.6. The van der Waals surface area contributed by atoms with Crippen molar-refractivity contribution in [3.8, 4) is 5.75 Å². The maximum Gasteiger partial charge on any atom is 0.251 e. The van der Waals surface area contributed by atoms with E-state index in [0.717, 1.165) is 23.4 Å². The highest BCUT2D eigenvalue weighted by molar-refractivity contribution is 6.32. The van der Waals surface area contributed by atoms with Gasteiger partial charge in [0, 0.05) is 29.9 Å². The number of benzene rings is 2. The molecule has 0 spiro atoms. The van der Waals surface area contributed by atoms with Crippen LogP contribution in [0.5, 0.6) is 5.75 Å². The number of nitrogens with zero attached hydrogens (tertiary/aromatic N) is 2. The molecule has 5 nitrogen and oxygen atoms in total. The number of aryl methyl sites for hydroxylation is 1. The van der Waals surface area contributed by atoms with E-state index in [1.165, 1.54) is 0 Å². The Labute approximate surface area is 163 Å². The summed E-state index contributed by atoms with van der Waals surface area (Å²) in [5, 5.41) is 7.81. The highest BCUT2D eigenvalue weighted by atomic mass is 35.5. The SMILES string of the molecule is CCn1ncc(CNC(=O)c2cccc(COc3ccccc3Cl)c2)c1C. The smallest absolute Gasteiger partial charge is 0.251 e. The van der Waals surface area contributed by atoms with Crippen LogP contribution in [0.2, 0.25) is 5.02 Å². The molecule has 0 aliphatic rings. The van der Waals surface area contributed by atoms with Crippen LogP contribution in [0.4, 0.5) is 0 Å². The number of carbonyl (C=O) groups is 1. The largest absolute Gasteiger partial charge is 0.487 e. The molecule has 3 rings (SSSR count). The van der Waals surface area contributed by atoms with Gasteiger partial charge in [0.05, 0.1) is 11.2 Å². The average Bonchev–Trinajstić information content (AvgIpc) is 3.05. The van der Waals surface area contributed by atoms with Gasteiger partial charge in [-0.05, 0) is 43.7 Å². The second-order valence-corrected chi connectivity index (χ2v) is 6.58. The lowest BCUT2D eigenvalue weighted by Crippen LogP contribution is -2.23. The first-order chi connectivity index (χ1) is 13.1. The number of halogens is 1. The monoisotopic (exact) mass is 383 g/mol. The Balaban J connectivity index is 1.61. The molecule has 140 valence electrons. The highest BCUT2D eigenvalue weighted by Gasteiger charge is 2.10. The topological polar surface area (TPSA) is 56.2 Å². The van der Waals surface area contributed by atoms with Crippen molar-refractivity contribution < 1.29 is 9.53 Å². The fraction of sp³-hybridized carbons (Fsp3) is 0.238. The molecule has 0 radical (unpaired) electrons. The van der Waals surface area contributed by atoms with Crippen LogP contribution < -0.4 is 10.1 Å². The Kier molecular flexibility index (Phi) is 6.14. The molecule has 1 aromatic heterocycles. The van der Waals surface area contributed by atoms with Gasteiger partial charge in [-0.1, -0.05) is 35.9 Å². The quantitative estimate of drug-likeness (QED) is 0.659. The van der Waals surface area contributed by atoms with Gasteiger partial charge in [-0.2, -0.15) is 5.10 Å². The highest BCUT2D eigenvalue weighted by Crippen LogP contribution is 2.24. The molecule has 0 fully saturated rings. The van der Waals surface area contributed by atoms with Crippen LogP contribution >= 0.6 is 11.6 Å². The third kappa shape index (κ3) is 4.68. The van der Waals surface area contributed by atoms with Crippen LogP contribution in [0.25, 0.3) is 0 Å². The van der Waals surface area contributed by atoms with Crippen molar-refractivity contribution in [2.45, 2.75) is 33.5 Å². The van der Waals surface area contributed by atoms with Crippen LogP contribution in [-0.4, -0.2) is 15.7 Å². The van der Waals surface area contributed by atoms with Gasteiger partial charge in [0.15, 0.2) is 0 Å². The lowest BCUT2D eigenvalue weighted by molar-refractivity contribution is 0.0950. The summed E-state index contributed by atoms with van der Waals surface area (Å²) in [7, 11) is 0. The number of amides is 1. The van der Waals surface area contributed by atoms with Gasteiger partial charge in [0.2, 0.25) is 0 Å². The third-order valence-electron chi connectivity index (χ3n) is 4.36. The van der Waals surface area contributed by atoms with Crippen molar-refractivity contribution in [1.29, 1.82) is 0 Å². The number of hydrogen-bond donors (Lipinski definition) is 1. The lowest BCUT2D eigenvalue weighted by atomic mass is 10.1. The molecule has 0 aliphatic carbocycles. The molecular formula is C21H22ClN3O2. The van der Waals surface area contributed by atoms with Crippen molar-refractivity contribution in [3.05, 3.63) is 82.1 Å². The molecule has 27 heavy (non-hydrogen) atoms. The Morgan fingerprint density at radius 1 is 1.22 bits per heavy atom. The van der Waals surface area contributed by atoms with Gasteiger partial charge in [-0.3, -0.25) is 9.48 Å². The minimum absolute atomic E-state index is 0.127. The maximum atomic E-state index is 12.5. The van der Waals surface area contributed by atoms with Gasteiger partial charge in [0.25, 0.3) is 5.91 Å². The first-order valence-electron chi connectivity index (χ1n) is 8.84. The molecule has 1 amide bonds. The van der Waals surface area contributed by atoms with Gasteiger partial charge in [0.1, 0.15) is 12.4 Å². The van der Waals surface area contributed by atoms with Gasteiger partial charge in [-0.25, -0.2) is 0 Å². The van der Waals surface area contributed by atoms with E-state index in [4.69, 9.17) is 16.3 Å². The van der Waals surface area contributed by atoms with Crippen LogP contribution in [0, 0.1) is 6.92 Å². The Hall–Kier alpha value is -2.79. The van der Waals surface area contributed by atoms with Crippen molar-refractivity contribution in [2.24, 2.45) is 0 Å². The first-order valence-corrected chi connectivity index (χ1v) is 9.22. The minimum atomic E-state index is -0.127. The summed E-state index contributed by atoms with van der Waals surface area (Å²) < 4.78 is 7.65. The van der Waals surface area contributed by atoms with Crippen molar-refractivity contribution in [2.75, 3.05) is 0 Å². The van der Waals surface area contributed by atoms with E-state index in [2.05, 4.69) is 10.4 Å². The lowest BCUT2D eigenvalue weighted by Gasteiger charge is -2.10. The standard InChI is InChI=1S/C21H22ClN3O2/c1-3-25-15(2)18(13-24-25)12-23-21(26)17-8-6-7-16(11-17)14-27-20-10-5-4-9-19(20)22/h4-11,13H,3,12,14H2,1-2H3,(H,23,26).